The molecule has 6 rings (SSSR count). The summed E-state index contributed by atoms with van der Waals surface area (Å²) in [6.07, 6.45) is 1.30. The highest BCUT2D eigenvalue weighted by molar-refractivity contribution is 5.98. The number of amides is 2. The van der Waals surface area contributed by atoms with Crippen LogP contribution >= 0.6 is 0 Å². The number of ether oxygens (including phenoxy) is 8. The Kier molecular flexibility index (Phi) is 18.2. The molecule has 0 aliphatic carbocycles. The molecule has 0 fully saturated rings. The normalized spacial score (nSPS) is 13.0. The molecule has 3 atom stereocenters. The molecule has 0 saturated heterocycles. The third kappa shape index (κ3) is 13.7. The van der Waals surface area contributed by atoms with Crippen LogP contribution in [0.3, 0.4) is 0 Å². The Hall–Kier alpha value is -7.86. The van der Waals surface area contributed by atoms with Gasteiger partial charge in [-0.2, -0.15) is 0 Å². The number of alkyl carbamates (subject to hydrolysis) is 1. The van der Waals surface area contributed by atoms with Gasteiger partial charge in [0.05, 0.1) is 39.5 Å². The maximum atomic E-state index is 13.4. The van der Waals surface area contributed by atoms with Gasteiger partial charge in [-0.1, -0.05) is 72.8 Å². The summed E-state index contributed by atoms with van der Waals surface area (Å²) in [4.78, 5) is 77.1. The van der Waals surface area contributed by atoms with Crippen LogP contribution in [0.4, 0.5) is 14.4 Å². The number of esters is 2. The number of nitrogens with zero attached hydrogens (tertiary/aromatic N) is 2. The lowest BCUT2D eigenvalue weighted by Gasteiger charge is -2.29. The van der Waals surface area contributed by atoms with E-state index in [2.05, 4.69) is 10.6 Å². The van der Waals surface area contributed by atoms with E-state index in [0.717, 1.165) is 5.56 Å². The molecule has 2 amide bonds. The molecule has 4 aromatic carbocycles. The molecule has 0 saturated carbocycles. The van der Waals surface area contributed by atoms with Crippen molar-refractivity contribution in [3.8, 4) is 11.5 Å². The molecule has 6 aromatic rings. The Morgan fingerprint density at radius 2 is 0.972 bits per heavy atom. The van der Waals surface area contributed by atoms with Gasteiger partial charge < -0.3 is 48.5 Å². The molecule has 0 aliphatic heterocycles. The smallest absolute Gasteiger partial charge is 0.419 e. The van der Waals surface area contributed by atoms with E-state index >= 15 is 0 Å². The van der Waals surface area contributed by atoms with Crippen molar-refractivity contribution >= 4 is 57.9 Å². The molecule has 2 aromatic heterocycles. The van der Waals surface area contributed by atoms with Gasteiger partial charge in [0.25, 0.3) is 5.91 Å². The first kappa shape index (κ1) is 55.1. The van der Waals surface area contributed by atoms with Gasteiger partial charge in [0.1, 0.15) is 41.4 Å². The quantitative estimate of drug-likeness (QED) is 0.0729. The van der Waals surface area contributed by atoms with Crippen LogP contribution in [-0.2, 0) is 67.9 Å². The van der Waals surface area contributed by atoms with E-state index in [1.54, 1.807) is 122 Å². The zero-order chi connectivity index (χ0) is 53.0. The number of fused-ring (bicyclic) bond motifs is 2. The summed E-state index contributed by atoms with van der Waals surface area (Å²) < 4.78 is 45.6. The predicted octanol–water partition coefficient (Wildman–Crippen LogP) is 8.64. The number of hydrogen-bond acceptors (Lipinski definition) is 14. The van der Waals surface area contributed by atoms with Crippen LogP contribution in [-0.4, -0.2) is 104 Å². The van der Waals surface area contributed by atoms with Gasteiger partial charge in [-0.15, -0.1) is 0 Å². The number of carbonyl (C=O) groups excluding carboxylic acids is 6. The highest BCUT2D eigenvalue weighted by Crippen LogP contribution is 2.34. The van der Waals surface area contributed by atoms with E-state index in [1.807, 2.05) is 36.4 Å². The van der Waals surface area contributed by atoms with Crippen molar-refractivity contribution < 1.29 is 66.7 Å². The fourth-order valence-electron chi connectivity index (χ4n) is 7.65. The highest BCUT2D eigenvalue weighted by atomic mass is 16.6. The van der Waals surface area contributed by atoms with Crippen molar-refractivity contribution in [2.75, 3.05) is 35.5 Å². The fourth-order valence-corrected chi connectivity index (χ4v) is 7.65. The number of benzene rings is 4. The Labute approximate surface area is 418 Å². The van der Waals surface area contributed by atoms with Crippen LogP contribution in [0, 0.1) is 0 Å². The molecule has 0 radical (unpaired) electrons. The number of hydrogen-bond donors (Lipinski definition) is 2. The van der Waals surface area contributed by atoms with E-state index in [-0.39, 0.29) is 19.4 Å². The van der Waals surface area contributed by atoms with Crippen molar-refractivity contribution in [3.63, 3.8) is 0 Å². The molecule has 18 nitrogen and oxygen atoms in total. The van der Waals surface area contributed by atoms with E-state index in [0.29, 0.717) is 50.0 Å². The summed E-state index contributed by atoms with van der Waals surface area (Å²) in [5.74, 6) is -0.798. The molecular formula is C54H64N4O14. The van der Waals surface area contributed by atoms with Gasteiger partial charge in [0.15, 0.2) is 5.60 Å². The summed E-state index contributed by atoms with van der Waals surface area (Å²) in [6, 6.07) is 26.6. The van der Waals surface area contributed by atoms with Crippen LogP contribution in [0.1, 0.15) is 70.7 Å². The van der Waals surface area contributed by atoms with E-state index in [1.165, 1.54) is 44.7 Å². The second kappa shape index (κ2) is 23.8. The molecule has 0 unspecified atom stereocenters. The Morgan fingerprint density at radius 1 is 0.542 bits per heavy atom. The Bertz CT molecular complexity index is 2860. The Morgan fingerprint density at radius 3 is 1.38 bits per heavy atom. The minimum absolute atomic E-state index is 0.0274. The molecular weight excluding hydrogens is 929 g/mol. The average molecular weight is 993 g/mol. The van der Waals surface area contributed by atoms with Gasteiger partial charge in [-0.05, 0) is 95.0 Å². The second-order valence-corrected chi connectivity index (χ2v) is 18.6. The molecule has 0 bridgehead atoms. The van der Waals surface area contributed by atoms with Gasteiger partial charge in [0.2, 0.25) is 0 Å². The molecule has 72 heavy (non-hydrogen) atoms. The topological polar surface area (TPSA) is 210 Å². The zero-order valence-corrected chi connectivity index (χ0v) is 42.8. The van der Waals surface area contributed by atoms with Gasteiger partial charge >= 0.3 is 30.2 Å². The number of methoxy groups -OCH3 is 5. The number of aromatic nitrogens is 2. The molecule has 2 N–H and O–H groups in total. The van der Waals surface area contributed by atoms with Crippen LogP contribution in [0.5, 0.6) is 11.5 Å². The largest absolute Gasteiger partial charge is 0.496 e. The first-order chi connectivity index (χ1) is 34.1. The third-order valence-electron chi connectivity index (χ3n) is 11.2. The molecule has 384 valence electrons. The predicted molar refractivity (Wildman–Crippen MR) is 268 cm³/mol. The number of carbonyl (C=O) groups is 6. The highest BCUT2D eigenvalue weighted by Gasteiger charge is 2.38. The van der Waals surface area contributed by atoms with Crippen LogP contribution in [0.25, 0.3) is 21.8 Å². The van der Waals surface area contributed by atoms with Crippen molar-refractivity contribution in [2.45, 2.75) is 96.8 Å². The Balaban J connectivity index is 0.000000268. The van der Waals surface area contributed by atoms with Crippen molar-refractivity contribution in [1.29, 1.82) is 0 Å². The van der Waals surface area contributed by atoms with Crippen LogP contribution < -0.4 is 20.1 Å². The lowest BCUT2D eigenvalue weighted by Crippen LogP contribution is -2.51. The lowest BCUT2D eigenvalue weighted by atomic mass is 9.94. The molecule has 18 heteroatoms. The first-order valence-electron chi connectivity index (χ1n) is 22.9. The minimum atomic E-state index is -1.35. The van der Waals surface area contributed by atoms with Gasteiger partial charge in [0, 0.05) is 43.1 Å². The second-order valence-electron chi connectivity index (χ2n) is 18.6. The molecule has 2 heterocycles. The SMILES string of the molecule is COC(=O)[C@H](Cc1cn(C(=O)OC(C)(C)C)c2cccc(OC)c12)NC(=O)OCc1ccccc1.COC(=O)[C@H](Cc1cn(C(=O)OC(C)(C)C)c2cccc(OC)c12)NC(=O)[C@@](C)(OC)c1ccccc1. The summed E-state index contributed by atoms with van der Waals surface area (Å²) in [6.45, 7) is 12.3. The average Bonchev–Trinajstić information content (AvgIpc) is 3.93. The minimum Gasteiger partial charge on any atom is -0.496 e. The van der Waals surface area contributed by atoms with Crippen molar-refractivity contribution in [3.05, 3.63) is 132 Å². The summed E-state index contributed by atoms with van der Waals surface area (Å²) >= 11 is 0. The van der Waals surface area contributed by atoms with Crippen LogP contribution in [0.15, 0.2) is 109 Å². The van der Waals surface area contributed by atoms with Crippen molar-refractivity contribution in [1.82, 2.24) is 19.8 Å². The lowest BCUT2D eigenvalue weighted by molar-refractivity contribution is -0.150. The fraction of sp³-hybridized carbons (Fsp3) is 0.370. The van der Waals surface area contributed by atoms with Gasteiger partial charge in [-0.25, -0.2) is 24.0 Å². The summed E-state index contributed by atoms with van der Waals surface area (Å²) in [5.41, 5.74) is 0.936. The molecule has 0 spiro atoms. The van der Waals surface area contributed by atoms with E-state index in [4.69, 9.17) is 37.9 Å². The third-order valence-corrected chi connectivity index (χ3v) is 11.2. The van der Waals surface area contributed by atoms with Crippen molar-refractivity contribution in [2.24, 2.45) is 0 Å². The maximum absolute atomic E-state index is 13.4. The monoisotopic (exact) mass is 992 g/mol. The summed E-state index contributed by atoms with van der Waals surface area (Å²) in [7, 11) is 6.95. The number of nitrogens with one attached hydrogen (secondary N) is 2. The van der Waals surface area contributed by atoms with E-state index in [9.17, 15) is 28.8 Å². The first-order valence-corrected chi connectivity index (χ1v) is 22.9. The molecule has 0 aliphatic rings. The standard InChI is InChI=1S/C28H34N2O7.C26H30N2O7/c1-27(2,3)37-26(33)30-17-18(23-21(30)14-11-15-22(23)34-5)16-20(24(31)35-6)29-25(32)28(4,36-7)19-12-9-8-10-13-19;1-26(2,3)35-25(31)28-15-18(22-20(28)12-9-13-21(22)32-4)14-19(23(29)33-5)27-24(30)34-16-17-10-7-6-8-11-17/h8-15,17,20H,16H2,1-7H3,(H,29,32);6-13,15,19H,14,16H2,1-5H3,(H,27,30)/t20-,28-;19-/m00/s1. The number of rotatable bonds is 15. The maximum Gasteiger partial charge on any atom is 0.419 e. The zero-order valence-electron chi connectivity index (χ0n) is 42.8. The van der Waals surface area contributed by atoms with E-state index < -0.39 is 65.0 Å². The summed E-state index contributed by atoms with van der Waals surface area (Å²) in [5, 5.41) is 6.59. The van der Waals surface area contributed by atoms with Crippen LogP contribution in [0.2, 0.25) is 0 Å². The van der Waals surface area contributed by atoms with Gasteiger partial charge in [-0.3, -0.25) is 13.9 Å².